The fourth-order valence-electron chi connectivity index (χ4n) is 2.02. The van der Waals surface area contributed by atoms with Crippen molar-refractivity contribution < 1.29 is 14.3 Å². The number of rotatable bonds is 9. The van der Waals surface area contributed by atoms with Gasteiger partial charge in [-0.2, -0.15) is 0 Å². The topological polar surface area (TPSA) is 73.6 Å². The molecule has 0 aliphatic carbocycles. The second kappa shape index (κ2) is 9.23. The highest BCUT2D eigenvalue weighted by Crippen LogP contribution is 2.17. The first-order chi connectivity index (χ1) is 10.0. The summed E-state index contributed by atoms with van der Waals surface area (Å²) < 4.78 is 10.6. The zero-order valence-electron chi connectivity index (χ0n) is 13.1. The Bertz CT molecular complexity index is 418. The maximum absolute atomic E-state index is 11.8. The molecule has 1 rings (SSSR count). The molecule has 21 heavy (non-hydrogen) atoms. The molecular formula is C16H26N2O3. The third kappa shape index (κ3) is 6.99. The van der Waals surface area contributed by atoms with E-state index in [-0.39, 0.29) is 11.9 Å². The van der Waals surface area contributed by atoms with Gasteiger partial charge in [-0.25, -0.2) is 0 Å². The summed E-state index contributed by atoms with van der Waals surface area (Å²) in [6.45, 7) is 5.03. The summed E-state index contributed by atoms with van der Waals surface area (Å²) in [6.07, 6.45) is 1.21. The molecule has 3 N–H and O–H groups in total. The molecule has 1 aromatic rings. The minimum Gasteiger partial charge on any atom is -0.497 e. The summed E-state index contributed by atoms with van der Waals surface area (Å²) in [5.41, 5.74) is 5.66. The van der Waals surface area contributed by atoms with Gasteiger partial charge in [-0.1, -0.05) is 13.8 Å². The van der Waals surface area contributed by atoms with Gasteiger partial charge in [0.15, 0.2) is 0 Å². The fourth-order valence-corrected chi connectivity index (χ4v) is 2.02. The molecule has 0 saturated heterocycles. The maximum Gasteiger partial charge on any atom is 0.223 e. The molecule has 0 aliphatic rings. The third-order valence-electron chi connectivity index (χ3n) is 3.06. The summed E-state index contributed by atoms with van der Waals surface area (Å²) in [5.74, 6) is 1.98. The number of methoxy groups -OCH3 is 1. The van der Waals surface area contributed by atoms with Crippen molar-refractivity contribution in [2.24, 2.45) is 11.7 Å². The maximum atomic E-state index is 11.8. The lowest BCUT2D eigenvalue weighted by molar-refractivity contribution is -0.122. The van der Waals surface area contributed by atoms with Crippen LogP contribution < -0.4 is 20.5 Å². The van der Waals surface area contributed by atoms with Crippen LogP contribution in [-0.4, -0.2) is 32.2 Å². The van der Waals surface area contributed by atoms with E-state index in [1.807, 2.05) is 24.3 Å². The lowest BCUT2D eigenvalue weighted by atomic mass is 10.0. The van der Waals surface area contributed by atoms with E-state index < -0.39 is 0 Å². The number of nitrogens with two attached hydrogens (primary N) is 1. The second-order valence-electron chi connectivity index (χ2n) is 5.40. The number of hydrogen-bond donors (Lipinski definition) is 2. The highest BCUT2D eigenvalue weighted by molar-refractivity contribution is 5.76. The number of amides is 1. The number of nitrogens with one attached hydrogen (secondary N) is 1. The first-order valence-corrected chi connectivity index (χ1v) is 7.31. The predicted molar refractivity (Wildman–Crippen MR) is 83.5 cm³/mol. The SMILES string of the molecule is COc1ccc(OCCC(=O)NC(CN)CC(C)C)cc1. The van der Waals surface area contributed by atoms with Gasteiger partial charge in [0.05, 0.1) is 20.1 Å². The van der Waals surface area contributed by atoms with E-state index in [1.165, 1.54) is 0 Å². The van der Waals surface area contributed by atoms with Crippen LogP contribution in [0.4, 0.5) is 0 Å². The largest absolute Gasteiger partial charge is 0.497 e. The van der Waals surface area contributed by atoms with E-state index in [1.54, 1.807) is 7.11 Å². The lowest BCUT2D eigenvalue weighted by Gasteiger charge is -2.18. The van der Waals surface area contributed by atoms with Gasteiger partial charge in [0.25, 0.3) is 0 Å². The molecule has 1 unspecified atom stereocenters. The number of benzene rings is 1. The molecule has 0 aliphatic heterocycles. The normalized spacial score (nSPS) is 12.0. The Balaban J connectivity index is 2.28. The number of ether oxygens (including phenoxy) is 2. The standard InChI is InChI=1S/C16H26N2O3/c1-12(2)10-13(11-17)18-16(19)8-9-21-15-6-4-14(20-3)5-7-15/h4-7,12-13H,8-11,17H2,1-3H3,(H,18,19). The highest BCUT2D eigenvalue weighted by Gasteiger charge is 2.12. The second-order valence-corrected chi connectivity index (χ2v) is 5.40. The Kier molecular flexibility index (Phi) is 7.61. The van der Waals surface area contributed by atoms with E-state index >= 15 is 0 Å². The van der Waals surface area contributed by atoms with E-state index in [0.717, 1.165) is 17.9 Å². The quantitative estimate of drug-likeness (QED) is 0.730. The summed E-state index contributed by atoms with van der Waals surface area (Å²) in [6, 6.07) is 7.32. The van der Waals surface area contributed by atoms with E-state index in [4.69, 9.17) is 15.2 Å². The van der Waals surface area contributed by atoms with Gasteiger partial charge in [0.2, 0.25) is 5.91 Å². The zero-order chi connectivity index (χ0) is 15.7. The van der Waals surface area contributed by atoms with Gasteiger partial charge >= 0.3 is 0 Å². The molecule has 1 amide bonds. The Morgan fingerprint density at radius 1 is 1.24 bits per heavy atom. The number of hydrogen-bond acceptors (Lipinski definition) is 4. The molecule has 0 bridgehead atoms. The minimum absolute atomic E-state index is 0.0281. The van der Waals surface area contributed by atoms with Crippen LogP contribution >= 0.6 is 0 Å². The molecule has 5 nitrogen and oxygen atoms in total. The average Bonchev–Trinajstić information content (AvgIpc) is 2.46. The van der Waals surface area contributed by atoms with Crippen molar-refractivity contribution in [2.75, 3.05) is 20.3 Å². The van der Waals surface area contributed by atoms with E-state index in [2.05, 4.69) is 19.2 Å². The Morgan fingerprint density at radius 2 is 1.86 bits per heavy atom. The van der Waals surface area contributed by atoms with Crippen molar-refractivity contribution in [1.29, 1.82) is 0 Å². The molecular weight excluding hydrogens is 268 g/mol. The monoisotopic (exact) mass is 294 g/mol. The van der Waals surface area contributed by atoms with Crippen LogP contribution in [0.15, 0.2) is 24.3 Å². The molecule has 0 aromatic heterocycles. The lowest BCUT2D eigenvalue weighted by Crippen LogP contribution is -2.41. The minimum atomic E-state index is -0.0281. The first-order valence-electron chi connectivity index (χ1n) is 7.31. The fraction of sp³-hybridized carbons (Fsp3) is 0.562. The first kappa shape index (κ1) is 17.3. The zero-order valence-corrected chi connectivity index (χ0v) is 13.1. The van der Waals surface area contributed by atoms with Gasteiger partial charge < -0.3 is 20.5 Å². The molecule has 0 fully saturated rings. The van der Waals surface area contributed by atoms with Gasteiger partial charge in [-0.05, 0) is 36.6 Å². The van der Waals surface area contributed by atoms with Crippen molar-refractivity contribution in [1.82, 2.24) is 5.32 Å². The molecule has 5 heteroatoms. The van der Waals surface area contributed by atoms with Crippen LogP contribution in [0.3, 0.4) is 0 Å². The molecule has 118 valence electrons. The summed E-state index contributed by atoms with van der Waals surface area (Å²) in [4.78, 5) is 11.8. The van der Waals surface area contributed by atoms with Gasteiger partial charge in [-0.15, -0.1) is 0 Å². The molecule has 0 saturated carbocycles. The average molecular weight is 294 g/mol. The van der Waals surface area contributed by atoms with Crippen molar-refractivity contribution in [3.63, 3.8) is 0 Å². The highest BCUT2D eigenvalue weighted by atomic mass is 16.5. The van der Waals surface area contributed by atoms with Crippen LogP contribution in [0.2, 0.25) is 0 Å². The number of carbonyl (C=O) groups excluding carboxylic acids is 1. The Labute approximate surface area is 126 Å². The molecule has 1 aromatic carbocycles. The molecule has 0 radical (unpaired) electrons. The Hall–Kier alpha value is -1.75. The van der Waals surface area contributed by atoms with Crippen LogP contribution in [0.1, 0.15) is 26.7 Å². The van der Waals surface area contributed by atoms with E-state index in [0.29, 0.717) is 25.5 Å². The van der Waals surface area contributed by atoms with Gasteiger partial charge in [0.1, 0.15) is 11.5 Å². The molecule has 1 atom stereocenters. The van der Waals surface area contributed by atoms with E-state index in [9.17, 15) is 4.79 Å². The van der Waals surface area contributed by atoms with Crippen molar-refractivity contribution in [3.05, 3.63) is 24.3 Å². The van der Waals surface area contributed by atoms with Gasteiger partial charge in [0, 0.05) is 12.6 Å². The van der Waals surface area contributed by atoms with Crippen LogP contribution in [0.5, 0.6) is 11.5 Å². The Morgan fingerprint density at radius 3 is 2.38 bits per heavy atom. The summed E-state index contributed by atoms with van der Waals surface area (Å²) in [7, 11) is 1.62. The summed E-state index contributed by atoms with van der Waals surface area (Å²) in [5, 5.41) is 2.94. The predicted octanol–water partition coefficient (Wildman–Crippen LogP) is 1.95. The molecule has 0 spiro atoms. The summed E-state index contributed by atoms with van der Waals surface area (Å²) >= 11 is 0. The van der Waals surface area contributed by atoms with Crippen LogP contribution in [0, 0.1) is 5.92 Å². The third-order valence-corrected chi connectivity index (χ3v) is 3.06. The van der Waals surface area contributed by atoms with Crippen LogP contribution in [-0.2, 0) is 4.79 Å². The van der Waals surface area contributed by atoms with Gasteiger partial charge in [-0.3, -0.25) is 4.79 Å². The van der Waals surface area contributed by atoms with Crippen LogP contribution in [0.25, 0.3) is 0 Å². The van der Waals surface area contributed by atoms with Crippen molar-refractivity contribution in [2.45, 2.75) is 32.7 Å². The van der Waals surface area contributed by atoms with Crippen molar-refractivity contribution >= 4 is 5.91 Å². The number of carbonyl (C=O) groups is 1. The molecule has 0 heterocycles. The van der Waals surface area contributed by atoms with Crippen molar-refractivity contribution in [3.8, 4) is 11.5 Å². The smallest absolute Gasteiger partial charge is 0.223 e.